The van der Waals surface area contributed by atoms with E-state index in [1.807, 2.05) is 36.2 Å². The largest absolute Gasteiger partial charge is 0.341 e. The zero-order valence-electron chi connectivity index (χ0n) is 18.5. The van der Waals surface area contributed by atoms with E-state index in [4.69, 9.17) is 0 Å². The van der Waals surface area contributed by atoms with E-state index in [9.17, 15) is 9.59 Å². The Labute approximate surface area is 189 Å². The summed E-state index contributed by atoms with van der Waals surface area (Å²) >= 11 is 3.55. The molecule has 2 saturated heterocycles. The number of rotatable bonds is 6. The van der Waals surface area contributed by atoms with Crippen LogP contribution in [0.4, 0.5) is 0 Å². The zero-order valence-corrected chi connectivity index (χ0v) is 20.1. The third-order valence-electron chi connectivity index (χ3n) is 6.20. The highest BCUT2D eigenvalue weighted by Gasteiger charge is 2.28. The van der Waals surface area contributed by atoms with Crippen LogP contribution in [0.1, 0.15) is 25.8 Å². The fourth-order valence-corrected chi connectivity index (χ4v) is 4.96. The molecule has 0 radical (unpaired) electrons. The highest BCUT2D eigenvalue weighted by atomic mass is 79.9. The molecule has 0 N–H and O–H groups in total. The van der Waals surface area contributed by atoms with Crippen LogP contribution in [0.2, 0.25) is 0 Å². The van der Waals surface area contributed by atoms with Gasteiger partial charge < -0.3 is 9.80 Å². The minimum atomic E-state index is 0.131. The Balaban J connectivity index is 1.40. The Hall–Kier alpha value is -1.44. The number of carbonyl (C=O) groups excluding carboxylic acids is 2. The SMILES string of the molecule is CC1CC(C)CN(C(=O)CN2CCN(CC(=O)N(C)Cc3ccccc3Br)CC2)C1. The Kier molecular flexibility index (Phi) is 8.31. The summed E-state index contributed by atoms with van der Waals surface area (Å²) < 4.78 is 1.03. The number of piperazine rings is 1. The molecule has 0 aliphatic carbocycles. The van der Waals surface area contributed by atoms with Crippen molar-refractivity contribution in [2.75, 3.05) is 59.4 Å². The second-order valence-corrected chi connectivity index (χ2v) is 9.99. The maximum absolute atomic E-state index is 12.7. The highest BCUT2D eigenvalue weighted by molar-refractivity contribution is 9.10. The maximum Gasteiger partial charge on any atom is 0.236 e. The van der Waals surface area contributed by atoms with Crippen molar-refractivity contribution < 1.29 is 9.59 Å². The summed E-state index contributed by atoms with van der Waals surface area (Å²) in [4.78, 5) is 33.6. The van der Waals surface area contributed by atoms with Gasteiger partial charge in [-0.1, -0.05) is 48.0 Å². The van der Waals surface area contributed by atoms with Gasteiger partial charge in [-0.3, -0.25) is 19.4 Å². The normalized spacial score (nSPS) is 23.4. The molecule has 3 rings (SSSR count). The van der Waals surface area contributed by atoms with Crippen molar-refractivity contribution in [2.24, 2.45) is 11.8 Å². The Bertz CT molecular complexity index is 726. The molecule has 0 saturated carbocycles. The number of hydrogen-bond donors (Lipinski definition) is 0. The molecule has 30 heavy (non-hydrogen) atoms. The van der Waals surface area contributed by atoms with Crippen LogP contribution in [0, 0.1) is 11.8 Å². The first-order valence-electron chi connectivity index (χ1n) is 11.0. The quantitative estimate of drug-likeness (QED) is 0.630. The Morgan fingerprint density at radius 3 is 2.17 bits per heavy atom. The van der Waals surface area contributed by atoms with Crippen LogP contribution in [-0.4, -0.2) is 90.8 Å². The molecule has 6 nitrogen and oxygen atoms in total. The van der Waals surface area contributed by atoms with Gasteiger partial charge in [0.05, 0.1) is 13.1 Å². The fourth-order valence-electron chi connectivity index (χ4n) is 4.55. The first-order valence-corrected chi connectivity index (χ1v) is 11.8. The lowest BCUT2D eigenvalue weighted by Gasteiger charge is -2.38. The van der Waals surface area contributed by atoms with E-state index < -0.39 is 0 Å². The Morgan fingerprint density at radius 2 is 1.57 bits per heavy atom. The molecule has 1 aromatic carbocycles. The average molecular weight is 479 g/mol. The van der Waals surface area contributed by atoms with Crippen LogP contribution in [0.5, 0.6) is 0 Å². The summed E-state index contributed by atoms with van der Waals surface area (Å²) in [5, 5.41) is 0. The molecule has 2 fully saturated rings. The van der Waals surface area contributed by atoms with Crippen LogP contribution in [0.25, 0.3) is 0 Å². The van der Waals surface area contributed by atoms with Gasteiger partial charge in [-0.05, 0) is 29.9 Å². The second kappa shape index (κ2) is 10.7. The molecule has 0 bridgehead atoms. The standard InChI is InChI=1S/C23H35BrN4O2/c1-18-12-19(2)14-28(13-18)23(30)17-27-10-8-26(9-11-27)16-22(29)25(3)15-20-6-4-5-7-21(20)24/h4-7,18-19H,8-17H2,1-3H3. The second-order valence-electron chi connectivity index (χ2n) is 9.14. The van der Waals surface area contributed by atoms with Crippen molar-refractivity contribution in [3.63, 3.8) is 0 Å². The minimum absolute atomic E-state index is 0.131. The van der Waals surface area contributed by atoms with Crippen LogP contribution < -0.4 is 0 Å². The van der Waals surface area contributed by atoms with E-state index in [0.29, 0.717) is 31.5 Å². The van der Waals surface area contributed by atoms with Crippen molar-refractivity contribution in [3.05, 3.63) is 34.3 Å². The fraction of sp³-hybridized carbons (Fsp3) is 0.652. The van der Waals surface area contributed by atoms with Gasteiger partial charge in [0.1, 0.15) is 0 Å². The molecule has 1 aromatic rings. The number of likely N-dealkylation sites (tertiary alicyclic amines) is 1. The average Bonchev–Trinajstić information content (AvgIpc) is 2.70. The summed E-state index contributed by atoms with van der Waals surface area (Å²) in [6.45, 7) is 11.1. The van der Waals surface area contributed by atoms with Crippen molar-refractivity contribution in [1.29, 1.82) is 0 Å². The minimum Gasteiger partial charge on any atom is -0.341 e. The molecule has 7 heteroatoms. The lowest BCUT2D eigenvalue weighted by Crippen LogP contribution is -2.53. The molecule has 0 aromatic heterocycles. The molecule has 166 valence electrons. The number of carbonyl (C=O) groups is 2. The van der Waals surface area contributed by atoms with Gasteiger partial charge in [-0.15, -0.1) is 0 Å². The molecule has 2 unspecified atom stereocenters. The summed E-state index contributed by atoms with van der Waals surface area (Å²) in [5.41, 5.74) is 1.11. The molecule has 2 amide bonds. The van der Waals surface area contributed by atoms with Crippen molar-refractivity contribution in [1.82, 2.24) is 19.6 Å². The number of likely N-dealkylation sites (N-methyl/N-ethyl adjacent to an activating group) is 1. The van der Waals surface area contributed by atoms with E-state index in [-0.39, 0.29) is 11.8 Å². The van der Waals surface area contributed by atoms with Gasteiger partial charge >= 0.3 is 0 Å². The predicted molar refractivity (Wildman–Crippen MR) is 123 cm³/mol. The van der Waals surface area contributed by atoms with Gasteiger partial charge in [-0.2, -0.15) is 0 Å². The summed E-state index contributed by atoms with van der Waals surface area (Å²) in [6, 6.07) is 8.00. The van der Waals surface area contributed by atoms with E-state index >= 15 is 0 Å². The highest BCUT2D eigenvalue weighted by Crippen LogP contribution is 2.21. The number of nitrogens with zero attached hydrogens (tertiary/aromatic N) is 4. The van der Waals surface area contributed by atoms with Crippen molar-refractivity contribution >= 4 is 27.7 Å². The molecule has 2 aliphatic rings. The number of hydrogen-bond acceptors (Lipinski definition) is 4. The molecule has 0 spiro atoms. The van der Waals surface area contributed by atoms with Crippen LogP contribution >= 0.6 is 15.9 Å². The van der Waals surface area contributed by atoms with Crippen LogP contribution in [0.3, 0.4) is 0 Å². The van der Waals surface area contributed by atoms with Gasteiger partial charge in [0.25, 0.3) is 0 Å². The molecule has 2 aliphatic heterocycles. The third-order valence-corrected chi connectivity index (χ3v) is 6.97. The lowest BCUT2D eigenvalue weighted by molar-refractivity contribution is -0.136. The van der Waals surface area contributed by atoms with E-state index in [2.05, 4.69) is 39.6 Å². The first-order chi connectivity index (χ1) is 14.3. The summed E-state index contributed by atoms with van der Waals surface area (Å²) in [6.07, 6.45) is 1.21. The zero-order chi connectivity index (χ0) is 21.7. The molecule has 2 heterocycles. The van der Waals surface area contributed by atoms with Gasteiger partial charge in [0.2, 0.25) is 11.8 Å². The lowest BCUT2D eigenvalue weighted by atomic mass is 9.92. The smallest absolute Gasteiger partial charge is 0.236 e. The Morgan fingerprint density at radius 1 is 1.00 bits per heavy atom. The maximum atomic E-state index is 12.7. The molecular formula is C23H35BrN4O2. The van der Waals surface area contributed by atoms with E-state index in [1.54, 1.807) is 4.90 Å². The topological polar surface area (TPSA) is 47.1 Å². The number of halogens is 1. The van der Waals surface area contributed by atoms with E-state index in [1.165, 1.54) is 6.42 Å². The molecule has 2 atom stereocenters. The van der Waals surface area contributed by atoms with Crippen molar-refractivity contribution in [2.45, 2.75) is 26.8 Å². The number of piperidine rings is 1. The van der Waals surface area contributed by atoms with Crippen LogP contribution in [-0.2, 0) is 16.1 Å². The first kappa shape index (κ1) is 23.2. The van der Waals surface area contributed by atoms with Gasteiger partial charge in [0, 0.05) is 57.3 Å². The summed E-state index contributed by atoms with van der Waals surface area (Å²) in [7, 11) is 1.86. The van der Waals surface area contributed by atoms with Crippen LogP contribution in [0.15, 0.2) is 28.7 Å². The monoisotopic (exact) mass is 478 g/mol. The van der Waals surface area contributed by atoms with Crippen molar-refractivity contribution in [3.8, 4) is 0 Å². The van der Waals surface area contributed by atoms with Gasteiger partial charge in [0.15, 0.2) is 0 Å². The number of benzene rings is 1. The van der Waals surface area contributed by atoms with Gasteiger partial charge in [-0.25, -0.2) is 0 Å². The number of amides is 2. The summed E-state index contributed by atoms with van der Waals surface area (Å²) in [5.74, 6) is 1.57. The third kappa shape index (κ3) is 6.53. The predicted octanol–water partition coefficient (Wildman–Crippen LogP) is 2.53. The van der Waals surface area contributed by atoms with E-state index in [0.717, 1.165) is 49.3 Å². The molecular weight excluding hydrogens is 444 g/mol.